The summed E-state index contributed by atoms with van der Waals surface area (Å²) >= 11 is 0. The summed E-state index contributed by atoms with van der Waals surface area (Å²) in [4.78, 5) is 24.7. The molecule has 4 rings (SSSR count). The van der Waals surface area contributed by atoms with Gasteiger partial charge in [0.15, 0.2) is 0 Å². The summed E-state index contributed by atoms with van der Waals surface area (Å²) in [5.74, 6) is -2.43. The van der Waals surface area contributed by atoms with Crippen LogP contribution >= 0.6 is 0 Å². The molecule has 8 nitrogen and oxygen atoms in total. The Kier molecular flexibility index (Phi) is 6.48. The van der Waals surface area contributed by atoms with Gasteiger partial charge in [0.2, 0.25) is 0 Å². The fourth-order valence-electron chi connectivity index (χ4n) is 4.06. The normalized spacial score (nSPS) is 17.2. The number of hydrogen-bond donors (Lipinski definition) is 2. The van der Waals surface area contributed by atoms with Crippen LogP contribution in [0.3, 0.4) is 0 Å². The van der Waals surface area contributed by atoms with Crippen LogP contribution in [0.25, 0.3) is 5.57 Å². The van der Waals surface area contributed by atoms with Crippen molar-refractivity contribution in [2.45, 2.75) is 12.2 Å². The van der Waals surface area contributed by atoms with Crippen LogP contribution in [-0.2, 0) is 21.7 Å². The van der Waals surface area contributed by atoms with Crippen LogP contribution in [0, 0.1) is 0 Å². The Balaban J connectivity index is 1.93. The van der Waals surface area contributed by atoms with Gasteiger partial charge in [-0.3, -0.25) is 0 Å². The number of hydrogen-bond acceptors (Lipinski definition) is 7. The lowest BCUT2D eigenvalue weighted by molar-refractivity contribution is -0.185. The van der Waals surface area contributed by atoms with Crippen molar-refractivity contribution >= 4 is 17.5 Å². The number of esters is 1. The van der Waals surface area contributed by atoms with Gasteiger partial charge in [0, 0.05) is 23.6 Å². The molecule has 1 heterocycles. The number of benzene rings is 3. The van der Waals surface area contributed by atoms with E-state index in [0.717, 1.165) is 0 Å². The summed E-state index contributed by atoms with van der Waals surface area (Å²) in [7, 11) is 4.51. The predicted molar refractivity (Wildman–Crippen MR) is 127 cm³/mol. The van der Waals surface area contributed by atoms with E-state index in [4.69, 9.17) is 18.9 Å². The second-order valence-corrected chi connectivity index (χ2v) is 7.90. The number of aliphatic hydroxyl groups is 1. The molecule has 3 aromatic carbocycles. The van der Waals surface area contributed by atoms with Gasteiger partial charge in [-0.2, -0.15) is 0 Å². The van der Waals surface area contributed by atoms with Gasteiger partial charge >= 0.3 is 11.9 Å². The first-order valence-electron chi connectivity index (χ1n) is 10.7. The lowest BCUT2D eigenvalue weighted by atomic mass is 9.87. The van der Waals surface area contributed by atoms with E-state index in [9.17, 15) is 19.8 Å². The van der Waals surface area contributed by atoms with E-state index in [2.05, 4.69) is 0 Å². The quantitative estimate of drug-likeness (QED) is 0.472. The molecule has 0 radical (unpaired) electrons. The number of ether oxygens (including phenoxy) is 4. The third kappa shape index (κ3) is 4.56. The van der Waals surface area contributed by atoms with Crippen LogP contribution in [0.5, 0.6) is 17.2 Å². The van der Waals surface area contributed by atoms with Gasteiger partial charge in [-0.15, -0.1) is 0 Å². The number of methoxy groups -OCH3 is 3. The Hall–Kier alpha value is -4.30. The van der Waals surface area contributed by atoms with Crippen molar-refractivity contribution in [2.24, 2.45) is 0 Å². The average molecular weight is 476 g/mol. The second kappa shape index (κ2) is 9.52. The van der Waals surface area contributed by atoms with Gasteiger partial charge < -0.3 is 29.2 Å². The number of carboxylic acids is 1. The van der Waals surface area contributed by atoms with Crippen molar-refractivity contribution in [3.05, 3.63) is 94.6 Å². The third-order valence-corrected chi connectivity index (χ3v) is 5.83. The maximum Gasteiger partial charge on any atom is 0.342 e. The number of carbonyl (C=O) groups is 2. The molecule has 0 bridgehead atoms. The molecule has 0 aromatic heterocycles. The van der Waals surface area contributed by atoms with Crippen LogP contribution in [0.1, 0.15) is 27.0 Å². The summed E-state index contributed by atoms with van der Waals surface area (Å²) in [6.07, 6.45) is 0.0459. The van der Waals surface area contributed by atoms with Gasteiger partial charge in [0.25, 0.3) is 5.79 Å². The van der Waals surface area contributed by atoms with Gasteiger partial charge in [0.05, 0.1) is 32.5 Å². The minimum atomic E-state index is -2.09. The lowest BCUT2D eigenvalue weighted by Gasteiger charge is -2.26. The molecule has 2 N–H and O–H groups in total. The number of aromatic carboxylic acids is 1. The highest BCUT2D eigenvalue weighted by molar-refractivity contribution is 6.20. The second-order valence-electron chi connectivity index (χ2n) is 7.90. The molecule has 8 heteroatoms. The largest absolute Gasteiger partial charge is 0.497 e. The van der Waals surface area contributed by atoms with Crippen LogP contribution in [0.15, 0.2) is 72.3 Å². The molecule has 1 aliphatic heterocycles. The highest BCUT2D eigenvalue weighted by atomic mass is 16.7. The van der Waals surface area contributed by atoms with Crippen molar-refractivity contribution in [3.63, 3.8) is 0 Å². The Morgan fingerprint density at radius 2 is 1.51 bits per heavy atom. The Bertz CT molecular complexity index is 1290. The zero-order valence-electron chi connectivity index (χ0n) is 19.4. The summed E-state index contributed by atoms with van der Waals surface area (Å²) < 4.78 is 21.5. The van der Waals surface area contributed by atoms with E-state index < -0.39 is 17.7 Å². The Morgan fingerprint density at radius 3 is 2.09 bits per heavy atom. The van der Waals surface area contributed by atoms with E-state index in [1.54, 1.807) is 54.6 Å². The van der Waals surface area contributed by atoms with E-state index >= 15 is 0 Å². The summed E-state index contributed by atoms with van der Waals surface area (Å²) in [5.41, 5.74) is 1.82. The number of carboxylic acid groups (broad SMARTS) is 1. The van der Waals surface area contributed by atoms with Crippen molar-refractivity contribution in [3.8, 4) is 17.2 Å². The summed E-state index contributed by atoms with van der Waals surface area (Å²) in [6, 6.07) is 17.8. The van der Waals surface area contributed by atoms with E-state index in [-0.39, 0.29) is 23.1 Å². The van der Waals surface area contributed by atoms with Crippen LogP contribution < -0.4 is 14.2 Å². The highest BCUT2D eigenvalue weighted by Crippen LogP contribution is 2.46. The molecule has 0 saturated heterocycles. The lowest BCUT2D eigenvalue weighted by Crippen LogP contribution is -2.29. The first-order valence-corrected chi connectivity index (χ1v) is 10.7. The Labute approximate surface area is 202 Å². The summed E-state index contributed by atoms with van der Waals surface area (Å²) in [5, 5.41) is 21.2. The minimum absolute atomic E-state index is 0.0459. The van der Waals surface area contributed by atoms with Gasteiger partial charge in [-0.1, -0.05) is 12.1 Å². The number of carbonyl (C=O) groups excluding carboxylic acids is 1. The fourth-order valence-corrected chi connectivity index (χ4v) is 4.06. The molecular formula is C27H24O8. The van der Waals surface area contributed by atoms with Crippen molar-refractivity contribution in [1.29, 1.82) is 0 Å². The first kappa shape index (κ1) is 23.8. The third-order valence-electron chi connectivity index (χ3n) is 5.83. The predicted octanol–water partition coefficient (Wildman–Crippen LogP) is 3.81. The maximum atomic E-state index is 13.2. The van der Waals surface area contributed by atoms with Crippen molar-refractivity contribution in [2.75, 3.05) is 21.3 Å². The van der Waals surface area contributed by atoms with E-state index in [1.165, 1.54) is 33.5 Å². The molecule has 1 aliphatic rings. The minimum Gasteiger partial charge on any atom is -0.497 e. The Morgan fingerprint density at radius 1 is 0.886 bits per heavy atom. The van der Waals surface area contributed by atoms with Crippen molar-refractivity contribution in [1.82, 2.24) is 0 Å². The molecule has 0 amide bonds. The van der Waals surface area contributed by atoms with Gasteiger partial charge in [-0.05, 0) is 59.7 Å². The molecule has 0 aliphatic carbocycles. The van der Waals surface area contributed by atoms with E-state index in [0.29, 0.717) is 33.9 Å². The SMILES string of the molecule is COc1ccc(C2(O)OC(=O)C(c3cc(OC)cc(OC)c3)=C2Cc2cccc(C(=O)O)c2)cc1. The monoisotopic (exact) mass is 476 g/mol. The molecule has 180 valence electrons. The zero-order valence-corrected chi connectivity index (χ0v) is 19.4. The van der Waals surface area contributed by atoms with Crippen LogP contribution in [0.4, 0.5) is 0 Å². The molecule has 1 atom stereocenters. The number of cyclic esters (lactones) is 1. The molecule has 0 fully saturated rings. The summed E-state index contributed by atoms with van der Waals surface area (Å²) in [6.45, 7) is 0. The van der Waals surface area contributed by atoms with E-state index in [1.807, 2.05) is 0 Å². The molecule has 0 saturated carbocycles. The van der Waals surface area contributed by atoms with Gasteiger partial charge in [0.1, 0.15) is 17.2 Å². The molecule has 35 heavy (non-hydrogen) atoms. The first-order chi connectivity index (χ1) is 16.8. The van der Waals surface area contributed by atoms with Crippen molar-refractivity contribution < 1.29 is 38.7 Å². The van der Waals surface area contributed by atoms with Crippen LogP contribution in [-0.4, -0.2) is 43.5 Å². The smallest absolute Gasteiger partial charge is 0.342 e. The standard InChI is InChI=1S/C27H24O8/c1-32-20-9-7-19(8-10-20)27(31)23(12-16-5-4-6-17(11-16)25(28)29)24(26(30)35-27)18-13-21(33-2)15-22(14-18)34-3/h4-11,13-15,31H,12H2,1-3H3,(H,28,29). The highest BCUT2D eigenvalue weighted by Gasteiger charge is 2.48. The molecule has 3 aromatic rings. The zero-order chi connectivity index (χ0) is 25.2. The maximum absolute atomic E-state index is 13.2. The number of rotatable bonds is 8. The molecule has 0 spiro atoms. The topological polar surface area (TPSA) is 112 Å². The molecule has 1 unspecified atom stereocenters. The van der Waals surface area contributed by atoms with Gasteiger partial charge in [-0.25, -0.2) is 9.59 Å². The van der Waals surface area contributed by atoms with Crippen LogP contribution in [0.2, 0.25) is 0 Å². The fraction of sp³-hybridized carbons (Fsp3) is 0.185. The molecular weight excluding hydrogens is 452 g/mol. The average Bonchev–Trinajstić information content (AvgIpc) is 3.13.